The quantitative estimate of drug-likeness (QED) is 0.905. The lowest BCUT2D eigenvalue weighted by molar-refractivity contribution is -0.135. The molecule has 1 aliphatic heterocycles. The molecule has 1 fully saturated rings. The Kier molecular flexibility index (Phi) is 4.78. The lowest BCUT2D eigenvalue weighted by Crippen LogP contribution is -2.43. The third kappa shape index (κ3) is 3.56. The molecule has 2 rings (SSSR count). The van der Waals surface area contributed by atoms with Crippen molar-refractivity contribution in [3.63, 3.8) is 0 Å². The Morgan fingerprint density at radius 3 is 3.11 bits per heavy atom. The van der Waals surface area contributed by atoms with Gasteiger partial charge in [-0.15, -0.1) is 11.3 Å². The molecule has 4 heteroatoms. The molecule has 0 radical (unpaired) electrons. The molecule has 1 aliphatic rings. The monoisotopic (exact) mass is 266 g/mol. The van der Waals surface area contributed by atoms with Crippen LogP contribution in [0.2, 0.25) is 0 Å². The second-order valence-electron chi connectivity index (χ2n) is 5.17. The van der Waals surface area contributed by atoms with Gasteiger partial charge in [0, 0.05) is 30.4 Å². The first-order chi connectivity index (χ1) is 8.66. The maximum atomic E-state index is 12.3. The largest absolute Gasteiger partial charge is 0.345 e. The van der Waals surface area contributed by atoms with Crippen LogP contribution in [0.4, 0.5) is 0 Å². The van der Waals surface area contributed by atoms with Gasteiger partial charge in [-0.1, -0.05) is 6.07 Å². The fraction of sp³-hybridized carbons (Fsp3) is 0.643. The van der Waals surface area contributed by atoms with Crippen molar-refractivity contribution in [3.8, 4) is 0 Å². The van der Waals surface area contributed by atoms with Gasteiger partial charge in [-0.3, -0.25) is 4.79 Å². The van der Waals surface area contributed by atoms with Crippen molar-refractivity contribution in [2.75, 3.05) is 20.1 Å². The number of hydrogen-bond donors (Lipinski definition) is 1. The number of rotatable bonds is 4. The minimum atomic E-state index is 0.217. The summed E-state index contributed by atoms with van der Waals surface area (Å²) in [7, 11) is 1.93. The average Bonchev–Trinajstić information content (AvgIpc) is 2.88. The van der Waals surface area contributed by atoms with Gasteiger partial charge < -0.3 is 10.2 Å². The molecule has 1 amide bonds. The molecule has 0 spiro atoms. The Hall–Kier alpha value is -0.870. The maximum absolute atomic E-state index is 12.3. The molecule has 0 aromatic carbocycles. The Labute approximate surface area is 113 Å². The number of nitrogens with zero attached hydrogens (tertiary/aromatic N) is 1. The minimum Gasteiger partial charge on any atom is -0.345 e. The van der Waals surface area contributed by atoms with E-state index >= 15 is 0 Å². The van der Waals surface area contributed by atoms with Gasteiger partial charge >= 0.3 is 0 Å². The van der Waals surface area contributed by atoms with Crippen molar-refractivity contribution in [1.29, 1.82) is 0 Å². The third-order valence-electron chi connectivity index (χ3n) is 3.62. The van der Waals surface area contributed by atoms with Crippen LogP contribution in [0.25, 0.3) is 0 Å². The van der Waals surface area contributed by atoms with Crippen molar-refractivity contribution in [2.24, 2.45) is 5.92 Å². The van der Waals surface area contributed by atoms with E-state index in [0.29, 0.717) is 11.9 Å². The van der Waals surface area contributed by atoms with E-state index in [0.717, 1.165) is 32.4 Å². The summed E-state index contributed by atoms with van der Waals surface area (Å²) in [6.07, 6.45) is 2.93. The molecule has 1 saturated heterocycles. The zero-order chi connectivity index (χ0) is 13.0. The molecule has 1 aromatic heterocycles. The van der Waals surface area contributed by atoms with Crippen LogP contribution in [0, 0.1) is 5.92 Å². The molecule has 2 heterocycles. The second-order valence-corrected chi connectivity index (χ2v) is 6.20. The average molecular weight is 266 g/mol. The van der Waals surface area contributed by atoms with Crippen LogP contribution >= 0.6 is 11.3 Å². The summed E-state index contributed by atoms with van der Waals surface area (Å²) >= 11 is 1.76. The fourth-order valence-electron chi connectivity index (χ4n) is 2.51. The Balaban J connectivity index is 1.80. The normalized spacial score (nSPS) is 23.9. The zero-order valence-electron chi connectivity index (χ0n) is 11.2. The predicted octanol–water partition coefficient (Wildman–Crippen LogP) is 2.14. The molecule has 1 aromatic rings. The van der Waals surface area contributed by atoms with Gasteiger partial charge in [-0.2, -0.15) is 0 Å². The summed E-state index contributed by atoms with van der Waals surface area (Å²) in [6.45, 7) is 3.96. The molecule has 18 heavy (non-hydrogen) atoms. The molecular formula is C14H22N2OS. The van der Waals surface area contributed by atoms with E-state index in [2.05, 4.69) is 29.8 Å². The van der Waals surface area contributed by atoms with Gasteiger partial charge in [0.15, 0.2) is 0 Å². The van der Waals surface area contributed by atoms with E-state index < -0.39 is 0 Å². The minimum absolute atomic E-state index is 0.217. The molecule has 100 valence electrons. The van der Waals surface area contributed by atoms with Crippen LogP contribution in [-0.4, -0.2) is 37.0 Å². The molecule has 2 unspecified atom stereocenters. The van der Waals surface area contributed by atoms with Crippen molar-refractivity contribution < 1.29 is 4.79 Å². The van der Waals surface area contributed by atoms with Crippen LogP contribution in [0.1, 0.15) is 24.6 Å². The van der Waals surface area contributed by atoms with E-state index in [1.54, 1.807) is 11.3 Å². The number of piperidine rings is 1. The zero-order valence-corrected chi connectivity index (χ0v) is 12.0. The molecule has 0 aliphatic carbocycles. The SMILES string of the molecule is CC1CC(C(=O)N(C)CCc2cccs2)CCN1. The summed E-state index contributed by atoms with van der Waals surface area (Å²) in [6, 6.07) is 4.67. The van der Waals surface area contributed by atoms with Crippen molar-refractivity contribution in [2.45, 2.75) is 32.2 Å². The first kappa shape index (κ1) is 13.6. The molecule has 2 atom stereocenters. The Bertz CT molecular complexity index is 377. The Morgan fingerprint density at radius 2 is 2.44 bits per heavy atom. The fourth-order valence-corrected chi connectivity index (χ4v) is 3.21. The highest BCUT2D eigenvalue weighted by molar-refractivity contribution is 7.09. The topological polar surface area (TPSA) is 32.3 Å². The smallest absolute Gasteiger partial charge is 0.225 e. The number of nitrogens with one attached hydrogen (secondary N) is 1. The highest BCUT2D eigenvalue weighted by Gasteiger charge is 2.26. The van der Waals surface area contributed by atoms with Crippen LogP contribution < -0.4 is 5.32 Å². The van der Waals surface area contributed by atoms with Crippen molar-refractivity contribution >= 4 is 17.2 Å². The lowest BCUT2D eigenvalue weighted by Gasteiger charge is -2.30. The van der Waals surface area contributed by atoms with Gasteiger partial charge in [-0.25, -0.2) is 0 Å². The van der Waals surface area contributed by atoms with Gasteiger partial charge in [-0.05, 0) is 44.2 Å². The number of likely N-dealkylation sites (N-methyl/N-ethyl adjacent to an activating group) is 1. The maximum Gasteiger partial charge on any atom is 0.225 e. The first-order valence-corrected chi connectivity index (χ1v) is 7.55. The molecule has 0 saturated carbocycles. The number of thiophene rings is 1. The summed E-state index contributed by atoms with van der Waals surface area (Å²) in [5.41, 5.74) is 0. The second kappa shape index (κ2) is 6.34. The molecule has 1 N–H and O–H groups in total. The van der Waals surface area contributed by atoms with E-state index in [9.17, 15) is 4.79 Å². The third-order valence-corrected chi connectivity index (χ3v) is 4.56. The number of hydrogen-bond acceptors (Lipinski definition) is 3. The molecule has 0 bridgehead atoms. The highest BCUT2D eigenvalue weighted by atomic mass is 32.1. The standard InChI is InChI=1S/C14H22N2OS/c1-11-10-12(5-7-15-11)14(17)16(2)8-6-13-4-3-9-18-13/h3-4,9,11-12,15H,5-8,10H2,1-2H3. The van der Waals surface area contributed by atoms with Gasteiger partial charge in [0.25, 0.3) is 0 Å². The lowest BCUT2D eigenvalue weighted by atomic mass is 9.92. The summed E-state index contributed by atoms with van der Waals surface area (Å²) in [4.78, 5) is 15.6. The van der Waals surface area contributed by atoms with E-state index in [1.165, 1.54) is 4.88 Å². The van der Waals surface area contributed by atoms with Crippen molar-refractivity contribution in [3.05, 3.63) is 22.4 Å². The number of amides is 1. The van der Waals surface area contributed by atoms with Gasteiger partial charge in [0.2, 0.25) is 5.91 Å². The summed E-state index contributed by atoms with van der Waals surface area (Å²) < 4.78 is 0. The van der Waals surface area contributed by atoms with E-state index in [1.807, 2.05) is 11.9 Å². The van der Waals surface area contributed by atoms with E-state index in [-0.39, 0.29) is 5.92 Å². The van der Waals surface area contributed by atoms with Crippen molar-refractivity contribution in [1.82, 2.24) is 10.2 Å². The predicted molar refractivity (Wildman–Crippen MR) is 75.8 cm³/mol. The van der Waals surface area contributed by atoms with Crippen LogP contribution in [0.3, 0.4) is 0 Å². The number of carbonyl (C=O) groups is 1. The highest BCUT2D eigenvalue weighted by Crippen LogP contribution is 2.18. The Morgan fingerprint density at radius 1 is 1.61 bits per heavy atom. The summed E-state index contributed by atoms with van der Waals surface area (Å²) in [5.74, 6) is 0.537. The van der Waals surface area contributed by atoms with E-state index in [4.69, 9.17) is 0 Å². The van der Waals surface area contributed by atoms with Crippen LogP contribution in [0.5, 0.6) is 0 Å². The number of carbonyl (C=O) groups excluding carboxylic acids is 1. The molecule has 3 nitrogen and oxygen atoms in total. The van der Waals surface area contributed by atoms with Gasteiger partial charge in [0.1, 0.15) is 0 Å². The van der Waals surface area contributed by atoms with Gasteiger partial charge in [0.05, 0.1) is 0 Å². The van der Waals surface area contributed by atoms with Crippen LogP contribution in [0.15, 0.2) is 17.5 Å². The first-order valence-electron chi connectivity index (χ1n) is 6.67. The summed E-state index contributed by atoms with van der Waals surface area (Å²) in [5, 5.41) is 5.48. The molecular weight excluding hydrogens is 244 g/mol. The van der Waals surface area contributed by atoms with Crippen LogP contribution in [-0.2, 0) is 11.2 Å².